The predicted octanol–water partition coefficient (Wildman–Crippen LogP) is 5.58. The number of fused-ring (bicyclic) bond motifs is 1. The van der Waals surface area contributed by atoms with Crippen LogP contribution >= 0.6 is 0 Å². The maximum Gasteiger partial charge on any atom is 0.183 e. The summed E-state index contributed by atoms with van der Waals surface area (Å²) in [5, 5.41) is 10.9. The highest BCUT2D eigenvalue weighted by Gasteiger charge is 2.61. The van der Waals surface area contributed by atoms with Crippen LogP contribution in [0.2, 0.25) is 0 Å². The zero-order chi connectivity index (χ0) is 21.2. The van der Waals surface area contributed by atoms with Crippen molar-refractivity contribution in [1.82, 2.24) is 0 Å². The lowest BCUT2D eigenvalue weighted by molar-refractivity contribution is 0.0799. The van der Waals surface area contributed by atoms with Gasteiger partial charge in [-0.3, -0.25) is 0 Å². The van der Waals surface area contributed by atoms with Crippen molar-refractivity contribution in [3.05, 3.63) is 120 Å². The largest absolute Gasteiger partial charge is 0.481 e. The number of benzene rings is 3. The molecule has 2 aliphatic rings. The molecule has 1 aliphatic heterocycles. The third kappa shape index (κ3) is 3.58. The van der Waals surface area contributed by atoms with Crippen LogP contribution in [0, 0.1) is 0 Å². The van der Waals surface area contributed by atoms with E-state index in [4.69, 9.17) is 9.47 Å². The maximum absolute atomic E-state index is 10.9. The SMILES string of the molecule is OC(C=COC(c1ccccc1)(c1ccccc1)c1ccccc1)C12CCCCC1O2. The quantitative estimate of drug-likeness (QED) is 0.313. The van der Waals surface area contributed by atoms with Crippen LogP contribution in [-0.4, -0.2) is 22.9 Å². The van der Waals surface area contributed by atoms with E-state index in [1.165, 1.54) is 6.42 Å². The van der Waals surface area contributed by atoms with Gasteiger partial charge in [-0.05, 0) is 18.9 Å². The van der Waals surface area contributed by atoms with Crippen molar-refractivity contribution in [2.24, 2.45) is 0 Å². The van der Waals surface area contributed by atoms with Crippen molar-refractivity contribution >= 4 is 0 Å². The first kappa shape index (κ1) is 20.0. The number of hydrogen-bond acceptors (Lipinski definition) is 3. The molecular formula is C28H28O3. The Bertz CT molecular complexity index is 919. The highest BCUT2D eigenvalue weighted by Crippen LogP contribution is 2.50. The normalized spacial score (nSPS) is 23.8. The van der Waals surface area contributed by atoms with Crippen LogP contribution in [0.15, 0.2) is 103 Å². The Morgan fingerprint density at radius 1 is 0.839 bits per heavy atom. The van der Waals surface area contributed by atoms with E-state index in [0.29, 0.717) is 0 Å². The molecule has 2 fully saturated rings. The van der Waals surface area contributed by atoms with E-state index in [2.05, 4.69) is 36.4 Å². The molecule has 0 bridgehead atoms. The minimum absolute atomic E-state index is 0.183. The summed E-state index contributed by atoms with van der Waals surface area (Å²) >= 11 is 0. The van der Waals surface area contributed by atoms with Crippen molar-refractivity contribution < 1.29 is 14.6 Å². The lowest BCUT2D eigenvalue weighted by atomic mass is 9.80. The average molecular weight is 413 g/mol. The standard InChI is InChI=1S/C28H28O3/c29-25(27-20-11-10-18-26(27)31-27)19-21-30-28(22-12-4-1-5-13-22,23-14-6-2-7-15-23)24-16-8-3-9-17-24/h1-9,12-17,19,21,25-26,29H,10-11,18,20H2. The Kier molecular flexibility index (Phi) is 5.39. The Hall–Kier alpha value is -2.88. The molecule has 31 heavy (non-hydrogen) atoms. The second-order valence-corrected chi connectivity index (χ2v) is 8.48. The summed E-state index contributed by atoms with van der Waals surface area (Å²) in [5.74, 6) is 0. The second kappa shape index (κ2) is 8.33. The van der Waals surface area contributed by atoms with Gasteiger partial charge in [-0.1, -0.05) is 104 Å². The Morgan fingerprint density at radius 2 is 1.35 bits per heavy atom. The minimum atomic E-state index is -0.825. The fourth-order valence-corrected chi connectivity index (χ4v) is 4.99. The van der Waals surface area contributed by atoms with E-state index in [1.807, 2.05) is 54.6 Å². The van der Waals surface area contributed by atoms with Crippen LogP contribution in [0.5, 0.6) is 0 Å². The first-order valence-corrected chi connectivity index (χ1v) is 11.1. The zero-order valence-corrected chi connectivity index (χ0v) is 17.6. The third-order valence-electron chi connectivity index (χ3n) is 6.68. The molecule has 5 rings (SSSR count). The van der Waals surface area contributed by atoms with Gasteiger partial charge in [0.1, 0.15) is 11.7 Å². The van der Waals surface area contributed by atoms with Crippen LogP contribution < -0.4 is 0 Å². The first-order valence-electron chi connectivity index (χ1n) is 11.1. The molecule has 1 heterocycles. The van der Waals surface area contributed by atoms with E-state index < -0.39 is 17.3 Å². The second-order valence-electron chi connectivity index (χ2n) is 8.48. The summed E-state index contributed by atoms with van der Waals surface area (Å²) < 4.78 is 12.5. The fourth-order valence-electron chi connectivity index (χ4n) is 4.99. The molecule has 0 radical (unpaired) electrons. The van der Waals surface area contributed by atoms with Crippen LogP contribution in [0.3, 0.4) is 0 Å². The molecule has 3 aromatic carbocycles. The molecule has 3 heteroatoms. The monoisotopic (exact) mass is 412 g/mol. The van der Waals surface area contributed by atoms with E-state index in [0.717, 1.165) is 36.0 Å². The number of epoxide rings is 1. The lowest BCUT2D eigenvalue weighted by Crippen LogP contribution is -2.34. The van der Waals surface area contributed by atoms with Crippen molar-refractivity contribution in [2.45, 2.75) is 49.1 Å². The topological polar surface area (TPSA) is 42.0 Å². The molecule has 158 valence electrons. The smallest absolute Gasteiger partial charge is 0.183 e. The Morgan fingerprint density at radius 3 is 1.84 bits per heavy atom. The molecule has 3 nitrogen and oxygen atoms in total. The molecule has 3 unspecified atom stereocenters. The van der Waals surface area contributed by atoms with Gasteiger partial charge in [-0.25, -0.2) is 0 Å². The van der Waals surface area contributed by atoms with Gasteiger partial charge in [0.15, 0.2) is 5.60 Å². The summed E-state index contributed by atoms with van der Waals surface area (Å²) in [7, 11) is 0. The predicted molar refractivity (Wildman–Crippen MR) is 122 cm³/mol. The molecule has 1 saturated heterocycles. The van der Waals surface area contributed by atoms with Gasteiger partial charge >= 0.3 is 0 Å². The van der Waals surface area contributed by atoms with Gasteiger partial charge in [0.05, 0.1) is 12.4 Å². The first-order chi connectivity index (χ1) is 15.3. The van der Waals surface area contributed by atoms with Crippen LogP contribution in [-0.2, 0) is 15.1 Å². The van der Waals surface area contributed by atoms with E-state index in [1.54, 1.807) is 12.3 Å². The molecular weight excluding hydrogens is 384 g/mol. The molecule has 0 amide bonds. The fraction of sp³-hybridized carbons (Fsp3) is 0.286. The zero-order valence-electron chi connectivity index (χ0n) is 17.6. The molecule has 1 N–H and O–H groups in total. The van der Waals surface area contributed by atoms with Gasteiger partial charge in [-0.15, -0.1) is 0 Å². The molecule has 3 aromatic rings. The summed E-state index contributed by atoms with van der Waals surface area (Å²) in [6.45, 7) is 0. The number of rotatable bonds is 7. The molecule has 0 spiro atoms. The highest BCUT2D eigenvalue weighted by molar-refractivity contribution is 5.47. The number of aliphatic hydroxyl groups excluding tert-OH is 1. The van der Waals surface area contributed by atoms with Gasteiger partial charge in [0, 0.05) is 16.7 Å². The Balaban J connectivity index is 1.54. The number of hydrogen-bond donors (Lipinski definition) is 1. The van der Waals surface area contributed by atoms with Gasteiger partial charge in [-0.2, -0.15) is 0 Å². The van der Waals surface area contributed by atoms with Crippen molar-refractivity contribution in [2.75, 3.05) is 0 Å². The van der Waals surface area contributed by atoms with E-state index in [9.17, 15) is 5.11 Å². The summed E-state index contributed by atoms with van der Waals surface area (Å²) in [5.41, 5.74) is 1.86. The molecule has 3 atom stereocenters. The summed E-state index contributed by atoms with van der Waals surface area (Å²) in [6.07, 6.45) is 7.16. The van der Waals surface area contributed by atoms with Crippen LogP contribution in [0.4, 0.5) is 0 Å². The molecule has 1 aliphatic carbocycles. The molecule has 0 aromatic heterocycles. The number of ether oxygens (including phenoxy) is 2. The molecule has 1 saturated carbocycles. The number of aliphatic hydroxyl groups is 1. The van der Waals surface area contributed by atoms with Crippen LogP contribution in [0.25, 0.3) is 0 Å². The Labute approximate surface area is 184 Å². The van der Waals surface area contributed by atoms with Gasteiger partial charge in [0.2, 0.25) is 0 Å². The van der Waals surface area contributed by atoms with Crippen molar-refractivity contribution in [1.29, 1.82) is 0 Å². The third-order valence-corrected chi connectivity index (χ3v) is 6.68. The summed E-state index contributed by atoms with van der Waals surface area (Å²) in [6, 6.07) is 30.7. The van der Waals surface area contributed by atoms with Crippen molar-refractivity contribution in [3.8, 4) is 0 Å². The average Bonchev–Trinajstić information content (AvgIpc) is 3.60. The van der Waals surface area contributed by atoms with Gasteiger partial charge in [0.25, 0.3) is 0 Å². The van der Waals surface area contributed by atoms with Crippen LogP contribution in [0.1, 0.15) is 42.4 Å². The van der Waals surface area contributed by atoms with Gasteiger partial charge < -0.3 is 14.6 Å². The van der Waals surface area contributed by atoms with Crippen molar-refractivity contribution in [3.63, 3.8) is 0 Å². The van der Waals surface area contributed by atoms with E-state index in [-0.39, 0.29) is 6.10 Å². The highest BCUT2D eigenvalue weighted by atomic mass is 16.6. The minimum Gasteiger partial charge on any atom is -0.481 e. The maximum atomic E-state index is 10.9. The van der Waals surface area contributed by atoms with E-state index >= 15 is 0 Å². The summed E-state index contributed by atoms with van der Waals surface area (Å²) in [4.78, 5) is 0. The lowest BCUT2D eigenvalue weighted by Gasteiger charge is -2.35.